The van der Waals surface area contributed by atoms with Crippen LogP contribution < -0.4 is 11.1 Å². The van der Waals surface area contributed by atoms with E-state index in [9.17, 15) is 9.59 Å². The number of unbranched alkanes of at least 4 members (excludes halogenated alkanes) is 1. The highest BCUT2D eigenvalue weighted by Crippen LogP contribution is 2.22. The molecule has 25 heavy (non-hydrogen) atoms. The summed E-state index contributed by atoms with van der Waals surface area (Å²) in [6.07, 6.45) is 2.09. The Labute approximate surface area is 150 Å². The Kier molecular flexibility index (Phi) is 8.99. The molecule has 0 aliphatic heterocycles. The van der Waals surface area contributed by atoms with Gasteiger partial charge in [0.05, 0.1) is 7.11 Å². The molecule has 1 aromatic carbocycles. The van der Waals surface area contributed by atoms with Crippen molar-refractivity contribution in [2.75, 3.05) is 13.7 Å². The summed E-state index contributed by atoms with van der Waals surface area (Å²) in [5.74, 6) is -0.0772. The first-order chi connectivity index (χ1) is 11.9. The van der Waals surface area contributed by atoms with Crippen LogP contribution in [0.25, 0.3) is 0 Å². The number of esters is 1. The monoisotopic (exact) mass is 350 g/mol. The quantitative estimate of drug-likeness (QED) is 0.500. The maximum atomic E-state index is 11.9. The molecule has 0 heterocycles. The number of nitrogens with two attached hydrogens (primary N) is 1. The lowest BCUT2D eigenvalue weighted by molar-refractivity contribution is -0.148. The largest absolute Gasteiger partial charge is 0.468 e. The molecule has 3 N–H and O–H groups in total. The van der Waals surface area contributed by atoms with Gasteiger partial charge in [0.2, 0.25) is 0 Å². The van der Waals surface area contributed by atoms with Crippen molar-refractivity contribution in [2.45, 2.75) is 51.7 Å². The summed E-state index contributed by atoms with van der Waals surface area (Å²) in [7, 11) is 1.36. The maximum absolute atomic E-state index is 11.9. The van der Waals surface area contributed by atoms with Crippen LogP contribution in [0.1, 0.15) is 45.1 Å². The number of carbonyl (C=O) groups excluding carboxylic acids is 2. The first-order valence-electron chi connectivity index (χ1n) is 8.69. The zero-order valence-corrected chi connectivity index (χ0v) is 15.4. The highest BCUT2D eigenvalue weighted by Gasteiger charge is 2.35. The van der Waals surface area contributed by atoms with E-state index >= 15 is 0 Å². The van der Waals surface area contributed by atoms with E-state index in [0.717, 1.165) is 12.0 Å². The van der Waals surface area contributed by atoms with Gasteiger partial charge in [-0.15, -0.1) is 0 Å². The molecule has 0 saturated heterocycles. The Morgan fingerprint density at radius 2 is 1.88 bits per heavy atom. The van der Waals surface area contributed by atoms with Gasteiger partial charge in [0.25, 0.3) is 0 Å². The van der Waals surface area contributed by atoms with Gasteiger partial charge in [0, 0.05) is 6.54 Å². The average molecular weight is 350 g/mol. The fourth-order valence-electron chi connectivity index (χ4n) is 2.75. The van der Waals surface area contributed by atoms with E-state index in [1.165, 1.54) is 7.11 Å². The number of benzene rings is 1. The van der Waals surface area contributed by atoms with Gasteiger partial charge in [-0.25, -0.2) is 4.79 Å². The second-order valence-electron chi connectivity index (χ2n) is 6.69. The molecular weight excluding hydrogens is 320 g/mol. The highest BCUT2D eigenvalue weighted by atomic mass is 16.5. The van der Waals surface area contributed by atoms with E-state index in [2.05, 4.69) is 5.32 Å². The molecular formula is C19H30N2O4. The number of amides is 1. The number of carbonyl (C=O) groups is 2. The molecule has 6 heteroatoms. The smallest absolute Gasteiger partial charge is 0.407 e. The number of hydrogen-bond acceptors (Lipinski definition) is 5. The Bertz CT molecular complexity index is 533. The van der Waals surface area contributed by atoms with Crippen LogP contribution in [0.3, 0.4) is 0 Å². The predicted molar refractivity (Wildman–Crippen MR) is 96.9 cm³/mol. The molecule has 1 aromatic rings. The van der Waals surface area contributed by atoms with Crippen LogP contribution in [-0.4, -0.2) is 31.3 Å². The van der Waals surface area contributed by atoms with Gasteiger partial charge in [-0.2, -0.15) is 0 Å². The minimum atomic E-state index is -0.962. The Morgan fingerprint density at radius 3 is 2.48 bits per heavy atom. The lowest BCUT2D eigenvalue weighted by atomic mass is 9.85. The first kappa shape index (κ1) is 21.0. The summed E-state index contributed by atoms with van der Waals surface area (Å²) >= 11 is 0. The average Bonchev–Trinajstić information content (AvgIpc) is 2.59. The third kappa shape index (κ3) is 8.03. The number of rotatable bonds is 10. The topological polar surface area (TPSA) is 90.6 Å². The summed E-state index contributed by atoms with van der Waals surface area (Å²) < 4.78 is 9.97. The zero-order chi connectivity index (χ0) is 18.7. The van der Waals surface area contributed by atoms with E-state index in [4.69, 9.17) is 15.2 Å². The summed E-state index contributed by atoms with van der Waals surface area (Å²) in [4.78, 5) is 23.6. The molecule has 1 amide bonds. The Hall–Kier alpha value is -2.08. The third-order valence-corrected chi connectivity index (χ3v) is 3.90. The fourth-order valence-corrected chi connectivity index (χ4v) is 2.75. The standard InChI is InChI=1S/C19H30N2O4/c1-15(2)13-19(20,17(22)24-3)11-7-8-12-21-18(23)25-14-16-9-5-4-6-10-16/h4-6,9-10,15H,7-8,11-14,20H2,1-3H3,(H,21,23)/t19-/m0/s1. The molecule has 1 rings (SSSR count). The summed E-state index contributed by atoms with van der Waals surface area (Å²) in [5, 5.41) is 2.71. The molecule has 1 atom stereocenters. The normalized spacial score (nSPS) is 13.2. The van der Waals surface area contributed by atoms with Crippen LogP contribution in [0.15, 0.2) is 30.3 Å². The number of methoxy groups -OCH3 is 1. The summed E-state index contributed by atoms with van der Waals surface area (Å²) in [5.41, 5.74) is 6.20. The van der Waals surface area contributed by atoms with Crippen LogP contribution in [0.4, 0.5) is 4.79 Å². The van der Waals surface area contributed by atoms with Crippen LogP contribution in [0.2, 0.25) is 0 Å². The van der Waals surface area contributed by atoms with Gasteiger partial charge in [0.15, 0.2) is 0 Å². The predicted octanol–water partition coefficient (Wildman–Crippen LogP) is 3.00. The van der Waals surface area contributed by atoms with Crippen molar-refractivity contribution in [3.8, 4) is 0 Å². The lowest BCUT2D eigenvalue weighted by Gasteiger charge is -2.28. The zero-order valence-electron chi connectivity index (χ0n) is 15.4. The van der Waals surface area contributed by atoms with Crippen molar-refractivity contribution < 1.29 is 19.1 Å². The van der Waals surface area contributed by atoms with Crippen molar-refractivity contribution in [3.05, 3.63) is 35.9 Å². The molecule has 0 saturated carbocycles. The van der Waals surface area contributed by atoms with E-state index in [-0.39, 0.29) is 12.6 Å². The molecule has 0 aromatic heterocycles. The molecule has 0 spiro atoms. The Balaban J connectivity index is 2.25. The number of hydrogen-bond donors (Lipinski definition) is 2. The third-order valence-electron chi connectivity index (χ3n) is 3.90. The minimum Gasteiger partial charge on any atom is -0.468 e. The van der Waals surface area contributed by atoms with Gasteiger partial charge < -0.3 is 20.5 Å². The van der Waals surface area contributed by atoms with Crippen molar-refractivity contribution in [2.24, 2.45) is 11.7 Å². The van der Waals surface area contributed by atoms with Crippen molar-refractivity contribution in [1.29, 1.82) is 0 Å². The molecule has 0 radical (unpaired) electrons. The molecule has 6 nitrogen and oxygen atoms in total. The lowest BCUT2D eigenvalue weighted by Crippen LogP contribution is -2.49. The minimum absolute atomic E-state index is 0.245. The number of alkyl carbamates (subject to hydrolysis) is 1. The van der Waals surface area contributed by atoms with Gasteiger partial charge in [-0.05, 0) is 37.2 Å². The van der Waals surface area contributed by atoms with E-state index in [1.54, 1.807) is 0 Å². The number of ether oxygens (including phenoxy) is 2. The van der Waals surface area contributed by atoms with E-state index in [0.29, 0.717) is 31.7 Å². The van der Waals surface area contributed by atoms with Crippen molar-refractivity contribution in [1.82, 2.24) is 5.32 Å². The van der Waals surface area contributed by atoms with Gasteiger partial charge >= 0.3 is 12.1 Å². The Morgan fingerprint density at radius 1 is 1.20 bits per heavy atom. The van der Waals surface area contributed by atoms with Gasteiger partial charge in [-0.3, -0.25) is 4.79 Å². The molecule has 0 aliphatic carbocycles. The van der Waals surface area contributed by atoms with Crippen molar-refractivity contribution >= 4 is 12.1 Å². The highest BCUT2D eigenvalue weighted by molar-refractivity contribution is 5.80. The SMILES string of the molecule is COC(=O)[C@](N)(CCCCNC(=O)OCc1ccccc1)CC(C)C. The second-order valence-corrected chi connectivity index (χ2v) is 6.69. The second kappa shape index (κ2) is 10.7. The first-order valence-corrected chi connectivity index (χ1v) is 8.69. The van der Waals surface area contributed by atoms with Crippen LogP contribution in [0.5, 0.6) is 0 Å². The van der Waals surface area contributed by atoms with E-state index in [1.807, 2.05) is 44.2 Å². The summed E-state index contributed by atoms with van der Waals surface area (Å²) in [6.45, 7) is 4.77. The van der Waals surface area contributed by atoms with Crippen LogP contribution in [-0.2, 0) is 20.9 Å². The van der Waals surface area contributed by atoms with Crippen LogP contribution >= 0.6 is 0 Å². The molecule has 140 valence electrons. The summed E-state index contributed by atoms with van der Waals surface area (Å²) in [6, 6.07) is 9.50. The molecule has 0 aliphatic rings. The van der Waals surface area contributed by atoms with Gasteiger partial charge in [-0.1, -0.05) is 44.2 Å². The fraction of sp³-hybridized carbons (Fsp3) is 0.579. The number of nitrogens with one attached hydrogen (secondary N) is 1. The maximum Gasteiger partial charge on any atom is 0.407 e. The van der Waals surface area contributed by atoms with Gasteiger partial charge in [0.1, 0.15) is 12.1 Å². The van der Waals surface area contributed by atoms with E-state index < -0.39 is 11.6 Å². The van der Waals surface area contributed by atoms with Crippen LogP contribution in [0, 0.1) is 5.92 Å². The van der Waals surface area contributed by atoms with Crippen molar-refractivity contribution in [3.63, 3.8) is 0 Å². The molecule has 0 bridgehead atoms. The molecule has 0 unspecified atom stereocenters. The molecule has 0 fully saturated rings.